The number of aryl methyl sites for hydroxylation is 1. The average molecular weight is 406 g/mol. The zero-order valence-electron chi connectivity index (χ0n) is 16.7. The van der Waals surface area contributed by atoms with Gasteiger partial charge in [-0.1, -0.05) is 25.3 Å². The molecule has 1 saturated carbocycles. The highest BCUT2D eigenvalue weighted by molar-refractivity contribution is 6.15. The molecule has 2 aliphatic heterocycles. The van der Waals surface area contributed by atoms with Crippen LogP contribution in [0.1, 0.15) is 53.6 Å². The van der Waals surface area contributed by atoms with E-state index in [1.54, 1.807) is 30.3 Å². The van der Waals surface area contributed by atoms with Crippen molar-refractivity contribution < 1.29 is 28.5 Å². The number of carbonyl (C=O) groups excluding carboxylic acids is 2. The van der Waals surface area contributed by atoms with Gasteiger partial charge in [-0.05, 0) is 55.2 Å². The average Bonchev–Trinajstić information content (AvgIpc) is 3.33. The fraction of sp³-hybridized carbons (Fsp3) is 0.333. The van der Waals surface area contributed by atoms with Crippen LogP contribution in [0.2, 0.25) is 0 Å². The molecule has 154 valence electrons. The molecule has 1 fully saturated rings. The first-order valence-corrected chi connectivity index (χ1v) is 10.3. The molecule has 0 atom stereocenters. The molecule has 0 spiro atoms. The molecule has 3 aliphatic rings. The van der Waals surface area contributed by atoms with Gasteiger partial charge in [0.15, 0.2) is 17.3 Å². The van der Waals surface area contributed by atoms with Gasteiger partial charge in [-0.2, -0.15) is 0 Å². The maximum absolute atomic E-state index is 12.9. The summed E-state index contributed by atoms with van der Waals surface area (Å²) in [6, 6.07) is 8.80. The molecule has 6 nitrogen and oxygen atoms in total. The summed E-state index contributed by atoms with van der Waals surface area (Å²) in [5.41, 5.74) is 1.99. The Labute approximate surface area is 174 Å². The summed E-state index contributed by atoms with van der Waals surface area (Å²) in [5, 5.41) is 0. The first kappa shape index (κ1) is 18.7. The van der Waals surface area contributed by atoms with Gasteiger partial charge in [0.2, 0.25) is 12.6 Å². The third-order valence-corrected chi connectivity index (χ3v) is 5.79. The van der Waals surface area contributed by atoms with Crippen molar-refractivity contribution in [3.63, 3.8) is 0 Å². The Hall–Kier alpha value is -3.28. The number of fused-ring (bicyclic) bond motifs is 2. The van der Waals surface area contributed by atoms with Gasteiger partial charge in [0, 0.05) is 6.07 Å². The fourth-order valence-corrected chi connectivity index (χ4v) is 4.23. The van der Waals surface area contributed by atoms with Gasteiger partial charge in [0.25, 0.3) is 0 Å². The largest absolute Gasteiger partial charge is 0.454 e. The second-order valence-electron chi connectivity index (χ2n) is 7.92. The van der Waals surface area contributed by atoms with Crippen LogP contribution >= 0.6 is 0 Å². The minimum absolute atomic E-state index is 0.0451. The van der Waals surface area contributed by atoms with Crippen LogP contribution in [0.5, 0.6) is 23.0 Å². The monoisotopic (exact) mass is 406 g/mol. The Kier molecular flexibility index (Phi) is 4.69. The Balaban J connectivity index is 1.37. The SMILES string of the molecule is Cc1cc(OC(=O)C2CCCCC2)cc2c1C(=O)/C(=C/c1ccc3c(c1)OCO3)O2. The number of hydrogen-bond acceptors (Lipinski definition) is 6. The molecule has 0 unspecified atom stereocenters. The molecule has 30 heavy (non-hydrogen) atoms. The number of rotatable bonds is 3. The smallest absolute Gasteiger partial charge is 0.314 e. The van der Waals surface area contributed by atoms with E-state index < -0.39 is 0 Å². The molecule has 1 aliphatic carbocycles. The van der Waals surface area contributed by atoms with Crippen LogP contribution in [0.3, 0.4) is 0 Å². The number of benzene rings is 2. The van der Waals surface area contributed by atoms with Gasteiger partial charge in [0.1, 0.15) is 11.5 Å². The van der Waals surface area contributed by atoms with Gasteiger partial charge < -0.3 is 18.9 Å². The first-order chi connectivity index (χ1) is 14.6. The van der Waals surface area contributed by atoms with Gasteiger partial charge in [-0.3, -0.25) is 9.59 Å². The zero-order chi connectivity index (χ0) is 20.7. The van der Waals surface area contributed by atoms with Crippen LogP contribution in [0.4, 0.5) is 0 Å². The lowest BCUT2D eigenvalue weighted by molar-refractivity contribution is -0.139. The number of hydrogen-bond donors (Lipinski definition) is 0. The van der Waals surface area contributed by atoms with Crippen LogP contribution in [0.15, 0.2) is 36.1 Å². The highest BCUT2D eigenvalue weighted by Gasteiger charge is 2.31. The van der Waals surface area contributed by atoms with Crippen molar-refractivity contribution in [3.8, 4) is 23.0 Å². The normalized spacial score (nSPS) is 19.0. The van der Waals surface area contributed by atoms with Crippen LogP contribution in [-0.4, -0.2) is 18.5 Å². The maximum Gasteiger partial charge on any atom is 0.314 e. The second-order valence-corrected chi connectivity index (χ2v) is 7.92. The Bertz CT molecular complexity index is 1060. The van der Waals surface area contributed by atoms with Gasteiger partial charge in [-0.25, -0.2) is 0 Å². The van der Waals surface area contributed by atoms with E-state index in [2.05, 4.69) is 0 Å². The van der Waals surface area contributed by atoms with E-state index in [-0.39, 0.29) is 30.2 Å². The number of Topliss-reactive ketones (excluding diaryl/α,β-unsaturated/α-hetero) is 1. The highest BCUT2D eigenvalue weighted by atomic mass is 16.7. The third kappa shape index (κ3) is 3.43. The lowest BCUT2D eigenvalue weighted by atomic mass is 9.89. The quantitative estimate of drug-likeness (QED) is 0.413. The van der Waals surface area contributed by atoms with E-state index in [1.807, 2.05) is 13.0 Å². The van der Waals surface area contributed by atoms with E-state index in [9.17, 15) is 9.59 Å². The van der Waals surface area contributed by atoms with Crippen molar-refractivity contribution in [2.75, 3.05) is 6.79 Å². The number of carbonyl (C=O) groups is 2. The Morgan fingerprint density at radius 3 is 2.67 bits per heavy atom. The molecule has 0 amide bonds. The molecule has 5 rings (SSSR count). The molecular formula is C24H22O6. The topological polar surface area (TPSA) is 71.1 Å². The van der Waals surface area contributed by atoms with E-state index in [1.165, 1.54) is 6.42 Å². The fourth-order valence-electron chi connectivity index (χ4n) is 4.23. The molecule has 2 heterocycles. The second kappa shape index (κ2) is 7.52. The predicted octanol–water partition coefficient (Wildman–Crippen LogP) is 4.83. The minimum atomic E-state index is -0.200. The summed E-state index contributed by atoms with van der Waals surface area (Å²) in [4.78, 5) is 25.4. The van der Waals surface area contributed by atoms with Crippen molar-refractivity contribution in [2.45, 2.75) is 39.0 Å². The molecule has 6 heteroatoms. The van der Waals surface area contributed by atoms with E-state index >= 15 is 0 Å². The molecule has 0 radical (unpaired) electrons. The summed E-state index contributed by atoms with van der Waals surface area (Å²) in [7, 11) is 0. The zero-order valence-corrected chi connectivity index (χ0v) is 16.7. The molecule has 0 N–H and O–H groups in total. The Morgan fingerprint density at radius 1 is 1.03 bits per heavy atom. The third-order valence-electron chi connectivity index (χ3n) is 5.79. The standard InChI is InChI=1S/C24H22O6/c1-14-9-17(29-24(26)16-5-3-2-4-6-16)12-20-22(14)23(25)21(30-20)11-15-7-8-18-19(10-15)28-13-27-18/h7-12,16H,2-6,13H2,1H3/b21-11-. The number of esters is 1. The lowest BCUT2D eigenvalue weighted by Crippen LogP contribution is -2.22. The Morgan fingerprint density at radius 2 is 1.83 bits per heavy atom. The number of ketones is 1. The molecule has 2 aromatic rings. The first-order valence-electron chi connectivity index (χ1n) is 10.3. The molecule has 0 aromatic heterocycles. The van der Waals surface area contributed by atoms with E-state index in [4.69, 9.17) is 18.9 Å². The van der Waals surface area contributed by atoms with Gasteiger partial charge in [0.05, 0.1) is 11.5 Å². The van der Waals surface area contributed by atoms with E-state index in [0.717, 1.165) is 36.8 Å². The molecule has 0 saturated heterocycles. The summed E-state index contributed by atoms with van der Waals surface area (Å²) < 4.78 is 22.2. The number of ether oxygens (including phenoxy) is 4. The van der Waals surface area contributed by atoms with Crippen molar-refractivity contribution in [3.05, 3.63) is 52.8 Å². The summed E-state index contributed by atoms with van der Waals surface area (Å²) in [5.74, 6) is 1.94. The van der Waals surface area contributed by atoms with Crippen LogP contribution < -0.4 is 18.9 Å². The van der Waals surface area contributed by atoms with Crippen LogP contribution in [-0.2, 0) is 4.79 Å². The van der Waals surface area contributed by atoms with Crippen molar-refractivity contribution in [2.24, 2.45) is 5.92 Å². The van der Waals surface area contributed by atoms with Crippen molar-refractivity contribution in [1.29, 1.82) is 0 Å². The molecule has 0 bridgehead atoms. The van der Waals surface area contributed by atoms with Crippen LogP contribution in [0.25, 0.3) is 6.08 Å². The summed E-state index contributed by atoms with van der Waals surface area (Å²) >= 11 is 0. The lowest BCUT2D eigenvalue weighted by Gasteiger charge is -2.20. The van der Waals surface area contributed by atoms with Crippen LogP contribution in [0, 0.1) is 12.8 Å². The highest BCUT2D eigenvalue weighted by Crippen LogP contribution is 2.39. The summed E-state index contributed by atoms with van der Waals surface area (Å²) in [6.45, 7) is 2.01. The van der Waals surface area contributed by atoms with Crippen molar-refractivity contribution in [1.82, 2.24) is 0 Å². The summed E-state index contributed by atoms with van der Waals surface area (Å²) in [6.07, 6.45) is 6.73. The number of allylic oxidation sites excluding steroid dienone is 1. The van der Waals surface area contributed by atoms with Gasteiger partial charge >= 0.3 is 5.97 Å². The minimum Gasteiger partial charge on any atom is -0.454 e. The maximum atomic E-state index is 12.9. The van der Waals surface area contributed by atoms with E-state index in [0.29, 0.717) is 28.6 Å². The molecule has 2 aromatic carbocycles. The molecular weight excluding hydrogens is 384 g/mol. The van der Waals surface area contributed by atoms with Gasteiger partial charge in [-0.15, -0.1) is 0 Å². The predicted molar refractivity (Wildman–Crippen MR) is 109 cm³/mol. The van der Waals surface area contributed by atoms with Crippen molar-refractivity contribution >= 4 is 17.8 Å².